The molecule has 0 aliphatic rings. The van der Waals surface area contributed by atoms with Crippen LogP contribution in [0.25, 0.3) is 0 Å². The van der Waals surface area contributed by atoms with Crippen LogP contribution >= 0.6 is 0 Å². The molecule has 0 spiro atoms. The maximum atomic E-state index is 0. The van der Waals surface area contributed by atoms with E-state index in [0.29, 0.717) is 0 Å². The zero-order chi connectivity index (χ0) is 0. The first-order valence-electron chi connectivity index (χ1n) is 0. The molecular weight excluding hydrogens is 297 g/mol. The van der Waals surface area contributed by atoms with Gasteiger partial charge in [-0.05, 0) is 0 Å². The van der Waals surface area contributed by atoms with Gasteiger partial charge in [-0.2, -0.15) is 0 Å². The Balaban J connectivity index is 0. The summed E-state index contributed by atoms with van der Waals surface area (Å²) in [6, 6.07) is 0. The van der Waals surface area contributed by atoms with Gasteiger partial charge in [0.25, 0.3) is 0 Å². The van der Waals surface area contributed by atoms with Crippen molar-refractivity contribution in [3.63, 3.8) is 0 Å². The van der Waals surface area contributed by atoms with E-state index in [9.17, 15) is 0 Å². The molecule has 0 fully saturated rings. The van der Waals surface area contributed by atoms with Gasteiger partial charge < -0.3 is 54.0 Å². The molecule has 0 atom stereocenters. The van der Waals surface area contributed by atoms with Crippen LogP contribution in [0.4, 0.5) is 0 Å². The molecule has 0 aromatic rings. The third-order valence-corrected chi connectivity index (χ3v) is 0. The standard InChI is InChI=1S/3K.4S.V/q3*+1;4*-2;. The van der Waals surface area contributed by atoms with Crippen molar-refractivity contribution in [1.29, 1.82) is 0 Å². The van der Waals surface area contributed by atoms with E-state index in [2.05, 4.69) is 0 Å². The second-order valence-corrected chi connectivity index (χ2v) is 0. The van der Waals surface area contributed by atoms with E-state index in [4.69, 9.17) is 0 Å². The van der Waals surface area contributed by atoms with Gasteiger partial charge in [0.1, 0.15) is 0 Å². The minimum Gasteiger partial charge on any atom is -2.00 e. The Morgan fingerprint density at radius 1 is 0.375 bits per heavy atom. The maximum absolute atomic E-state index is 0. The van der Waals surface area contributed by atoms with Gasteiger partial charge in [-0.25, -0.2) is 0 Å². The Bertz CT molecular complexity index is 11.2. The zero-order valence-electron chi connectivity index (χ0n) is 5.08. The van der Waals surface area contributed by atoms with E-state index in [1.807, 2.05) is 0 Å². The van der Waals surface area contributed by atoms with E-state index in [0.717, 1.165) is 0 Å². The van der Waals surface area contributed by atoms with Gasteiger partial charge in [-0.3, -0.25) is 0 Å². The molecule has 8 heavy (non-hydrogen) atoms. The summed E-state index contributed by atoms with van der Waals surface area (Å²) < 4.78 is 0. The molecule has 0 aromatic carbocycles. The summed E-state index contributed by atoms with van der Waals surface area (Å²) in [5.41, 5.74) is 0. The Morgan fingerprint density at radius 3 is 0.375 bits per heavy atom. The van der Waals surface area contributed by atoms with Crippen molar-refractivity contribution in [1.82, 2.24) is 0 Å². The van der Waals surface area contributed by atoms with Crippen molar-refractivity contribution < 1.29 is 173 Å². The van der Waals surface area contributed by atoms with Gasteiger partial charge in [0.05, 0.1) is 0 Å². The second kappa shape index (κ2) is 48.6. The summed E-state index contributed by atoms with van der Waals surface area (Å²) in [5, 5.41) is 0. The molecule has 0 unspecified atom stereocenters. The molecule has 0 bridgehead atoms. The average molecular weight is 297 g/mol. The van der Waals surface area contributed by atoms with E-state index in [-0.39, 0.29) is 227 Å². The molecule has 1 radical (unpaired) electrons. The third-order valence-electron chi connectivity index (χ3n) is 0. The van der Waals surface area contributed by atoms with Gasteiger partial charge in [-0.15, -0.1) is 0 Å². The van der Waals surface area contributed by atoms with Crippen LogP contribution in [0.5, 0.6) is 0 Å². The number of hydrogen-bond donors (Lipinski definition) is 0. The summed E-state index contributed by atoms with van der Waals surface area (Å²) >= 11 is 0. The van der Waals surface area contributed by atoms with Gasteiger partial charge in [0.2, 0.25) is 0 Å². The first kappa shape index (κ1) is 60.5. The van der Waals surface area contributed by atoms with Crippen LogP contribution in [0.1, 0.15) is 0 Å². The third kappa shape index (κ3) is 38.4. The predicted molar refractivity (Wildman–Crippen MR) is 29.5 cm³/mol. The molecule has 0 aromatic heterocycles. The van der Waals surface area contributed by atoms with Crippen LogP contribution in [0.2, 0.25) is 0 Å². The number of hydrogen-bond acceptors (Lipinski definition) is 0. The van der Waals surface area contributed by atoms with Crippen LogP contribution in [0.3, 0.4) is 0 Å². The normalized spacial score (nSPS) is 0. The molecule has 0 N–H and O–H groups in total. The Labute approximate surface area is 219 Å². The molecular formula is K3S4V-5. The topological polar surface area (TPSA) is 0 Å². The maximum Gasteiger partial charge on any atom is 1.00 e. The average Bonchev–Trinajstić information content (AvgIpc) is 0. The van der Waals surface area contributed by atoms with Crippen LogP contribution in [-0.2, 0) is 72.5 Å². The summed E-state index contributed by atoms with van der Waals surface area (Å²) in [5.74, 6) is 0. The quantitative estimate of drug-likeness (QED) is 0.390. The first-order chi connectivity index (χ1) is 0. The molecule has 8 heteroatoms. The fourth-order valence-corrected chi connectivity index (χ4v) is 0. The number of rotatable bonds is 0. The van der Waals surface area contributed by atoms with Crippen LogP contribution in [0, 0.1) is 0 Å². The fraction of sp³-hybridized carbons (Fsp3) is 0. The van der Waals surface area contributed by atoms with Crippen molar-refractivity contribution in [2.75, 3.05) is 0 Å². The van der Waals surface area contributed by atoms with E-state index in [1.54, 1.807) is 0 Å². The molecule has 37 valence electrons. The van der Waals surface area contributed by atoms with E-state index >= 15 is 0 Å². The van der Waals surface area contributed by atoms with Crippen molar-refractivity contribution in [2.45, 2.75) is 0 Å². The van der Waals surface area contributed by atoms with Crippen molar-refractivity contribution >= 4 is 54.0 Å². The summed E-state index contributed by atoms with van der Waals surface area (Å²) in [6.07, 6.45) is 0. The van der Waals surface area contributed by atoms with Gasteiger partial charge in [0, 0.05) is 18.6 Å². The molecule has 0 rings (SSSR count). The smallest absolute Gasteiger partial charge is 1.00 e. The molecule has 0 amide bonds. The van der Waals surface area contributed by atoms with Crippen molar-refractivity contribution in [3.8, 4) is 0 Å². The largest absolute Gasteiger partial charge is 2.00 e. The minimum absolute atomic E-state index is 0. The van der Waals surface area contributed by atoms with Gasteiger partial charge in [-0.1, -0.05) is 0 Å². The monoisotopic (exact) mass is 296 g/mol. The summed E-state index contributed by atoms with van der Waals surface area (Å²) in [6.45, 7) is 0. The molecule has 0 aliphatic carbocycles. The van der Waals surface area contributed by atoms with Crippen LogP contribution in [-0.4, -0.2) is 0 Å². The molecule has 0 nitrogen and oxygen atoms in total. The second-order valence-electron chi connectivity index (χ2n) is 0. The Kier molecular flexibility index (Phi) is 368. The van der Waals surface area contributed by atoms with E-state index in [1.165, 1.54) is 0 Å². The molecule has 0 saturated heterocycles. The molecule has 0 heterocycles. The predicted octanol–water partition coefficient (Wildman–Crippen LogP) is -9.00. The fourth-order valence-electron chi connectivity index (χ4n) is 0. The van der Waals surface area contributed by atoms with Crippen molar-refractivity contribution in [2.24, 2.45) is 0 Å². The van der Waals surface area contributed by atoms with Gasteiger partial charge in [0.15, 0.2) is 0 Å². The summed E-state index contributed by atoms with van der Waals surface area (Å²) in [7, 11) is 0. The van der Waals surface area contributed by atoms with Crippen LogP contribution in [0.15, 0.2) is 0 Å². The Hall–Kier alpha value is 6.89. The van der Waals surface area contributed by atoms with Crippen molar-refractivity contribution in [3.05, 3.63) is 0 Å². The van der Waals surface area contributed by atoms with Gasteiger partial charge >= 0.3 is 154 Å². The Morgan fingerprint density at radius 2 is 0.375 bits per heavy atom. The first-order valence-corrected chi connectivity index (χ1v) is 0. The SMILES string of the molecule is [K+].[K+].[K+].[S-2].[S-2].[S-2].[S-2].[V]. The molecule has 0 saturated carbocycles. The zero-order valence-corrected chi connectivity index (χ0v) is 19.1. The minimum atomic E-state index is 0. The summed E-state index contributed by atoms with van der Waals surface area (Å²) in [4.78, 5) is 0. The van der Waals surface area contributed by atoms with Crippen LogP contribution < -0.4 is 154 Å². The molecule has 0 aliphatic heterocycles. The van der Waals surface area contributed by atoms with E-state index < -0.39 is 0 Å².